The van der Waals surface area contributed by atoms with Gasteiger partial charge in [0.25, 0.3) is 0 Å². The van der Waals surface area contributed by atoms with E-state index in [1.165, 1.54) is 17.0 Å². The number of benzene rings is 1. The summed E-state index contributed by atoms with van der Waals surface area (Å²) < 4.78 is 13.6. The van der Waals surface area contributed by atoms with E-state index < -0.39 is 12.2 Å². The lowest BCUT2D eigenvalue weighted by atomic mass is 10.1. The van der Waals surface area contributed by atoms with E-state index in [9.17, 15) is 9.59 Å². The minimum absolute atomic E-state index is 0.138. The Morgan fingerprint density at radius 2 is 1.68 bits per heavy atom. The van der Waals surface area contributed by atoms with Gasteiger partial charge in [-0.15, -0.1) is 12.6 Å². The van der Waals surface area contributed by atoms with Crippen molar-refractivity contribution < 1.29 is 19.1 Å². The minimum atomic E-state index is -0.554. The molecule has 0 atom stereocenters. The molecule has 0 radical (unpaired) electrons. The van der Waals surface area contributed by atoms with E-state index in [1.807, 2.05) is 12.1 Å². The first kappa shape index (κ1) is 27.0. The van der Waals surface area contributed by atoms with Crippen molar-refractivity contribution in [1.29, 1.82) is 0 Å². The number of amides is 2. The molecule has 10 heteroatoms. The van der Waals surface area contributed by atoms with Crippen LogP contribution in [-0.4, -0.2) is 42.0 Å². The molecule has 0 aliphatic carbocycles. The number of rotatable bonds is 8. The van der Waals surface area contributed by atoms with Gasteiger partial charge in [-0.1, -0.05) is 6.07 Å². The zero-order valence-corrected chi connectivity index (χ0v) is 21.1. The lowest BCUT2D eigenvalue weighted by Gasteiger charge is -2.22. The smallest absolute Gasteiger partial charge is 0.426 e. The minimum Gasteiger partial charge on any atom is -0.447 e. The Balaban J connectivity index is 3.09. The maximum atomic E-state index is 12.0. The highest BCUT2D eigenvalue weighted by atomic mass is 32.2. The standard InChI is InChI=1S/C21H34N4O4S2/c1-13(2)28-19(26)22-15-9-10-16(18(11-15)31-24-21(5,6)7)17(30)12-25(8)23-20(27)29-14(3)4/h9-14,24,30H,1-8H3,(H,22,26)(H,23,27)/b17-12-. The second-order valence-electron chi connectivity index (χ2n) is 8.44. The third kappa shape index (κ3) is 11.2. The van der Waals surface area contributed by atoms with Gasteiger partial charge in [0.1, 0.15) is 0 Å². The summed E-state index contributed by atoms with van der Waals surface area (Å²) in [5, 5.41) is 4.21. The molecule has 0 bridgehead atoms. The summed E-state index contributed by atoms with van der Waals surface area (Å²) in [6, 6.07) is 5.45. The summed E-state index contributed by atoms with van der Waals surface area (Å²) in [7, 11) is 1.68. The lowest BCUT2D eigenvalue weighted by molar-refractivity contribution is 0.0989. The van der Waals surface area contributed by atoms with Crippen LogP contribution in [0.3, 0.4) is 0 Å². The number of hydrazine groups is 1. The van der Waals surface area contributed by atoms with Crippen LogP contribution in [0.4, 0.5) is 15.3 Å². The molecular weight excluding hydrogens is 436 g/mol. The highest BCUT2D eigenvalue weighted by Crippen LogP contribution is 2.32. The number of carbonyl (C=O) groups excluding carboxylic acids is 2. The molecule has 1 rings (SSSR count). The number of hydrogen-bond donors (Lipinski definition) is 4. The number of thiol groups is 1. The Hall–Kier alpha value is -2.04. The van der Waals surface area contributed by atoms with E-state index in [4.69, 9.17) is 9.47 Å². The molecule has 0 fully saturated rings. The SMILES string of the molecule is CC(C)OC(=O)Nc1ccc(/C(S)=C/N(C)NC(=O)OC(C)C)c(SNC(C)(C)C)c1. The first-order chi connectivity index (χ1) is 14.3. The van der Waals surface area contributed by atoms with Crippen LogP contribution >= 0.6 is 24.6 Å². The van der Waals surface area contributed by atoms with Crippen LogP contribution < -0.4 is 15.5 Å². The summed E-state index contributed by atoms with van der Waals surface area (Å²) in [6.07, 6.45) is 0.162. The molecule has 0 spiro atoms. The molecule has 8 nitrogen and oxygen atoms in total. The van der Waals surface area contributed by atoms with Crippen LogP contribution in [-0.2, 0) is 9.47 Å². The summed E-state index contributed by atoms with van der Waals surface area (Å²) >= 11 is 6.03. The van der Waals surface area contributed by atoms with Gasteiger partial charge >= 0.3 is 12.2 Å². The van der Waals surface area contributed by atoms with Gasteiger partial charge in [0.05, 0.1) is 12.2 Å². The molecule has 3 N–H and O–H groups in total. The zero-order chi connectivity index (χ0) is 23.8. The Morgan fingerprint density at radius 3 is 2.23 bits per heavy atom. The quantitative estimate of drug-likeness (QED) is 0.234. The van der Waals surface area contributed by atoms with E-state index in [1.54, 1.807) is 47.0 Å². The average molecular weight is 471 g/mol. The second-order valence-corrected chi connectivity index (χ2v) is 9.77. The van der Waals surface area contributed by atoms with Crippen molar-refractivity contribution in [3.8, 4) is 0 Å². The van der Waals surface area contributed by atoms with Crippen molar-refractivity contribution in [3.05, 3.63) is 30.0 Å². The number of ether oxygens (including phenoxy) is 2. The average Bonchev–Trinajstić information content (AvgIpc) is 2.57. The van der Waals surface area contributed by atoms with Gasteiger partial charge in [-0.05, 0) is 72.5 Å². The molecule has 0 saturated carbocycles. The van der Waals surface area contributed by atoms with Crippen molar-refractivity contribution in [1.82, 2.24) is 15.2 Å². The van der Waals surface area contributed by atoms with Gasteiger partial charge in [-0.3, -0.25) is 15.0 Å². The highest BCUT2D eigenvalue weighted by molar-refractivity contribution is 7.97. The lowest BCUT2D eigenvalue weighted by Crippen LogP contribution is -2.37. The molecule has 0 unspecified atom stereocenters. The molecule has 0 heterocycles. The Morgan fingerprint density at radius 1 is 1.10 bits per heavy atom. The van der Waals surface area contributed by atoms with Crippen LogP contribution in [0.1, 0.15) is 54.0 Å². The molecule has 0 aromatic heterocycles. The van der Waals surface area contributed by atoms with E-state index in [-0.39, 0.29) is 17.7 Å². The van der Waals surface area contributed by atoms with Gasteiger partial charge in [0.2, 0.25) is 0 Å². The summed E-state index contributed by atoms with van der Waals surface area (Å²) in [6.45, 7) is 13.3. The fourth-order valence-electron chi connectivity index (χ4n) is 2.14. The zero-order valence-electron chi connectivity index (χ0n) is 19.4. The Bertz CT molecular complexity index is 792. The van der Waals surface area contributed by atoms with Crippen molar-refractivity contribution >= 4 is 47.4 Å². The molecular formula is C21H34N4O4S2. The van der Waals surface area contributed by atoms with Gasteiger partial charge in [-0.2, -0.15) is 0 Å². The topological polar surface area (TPSA) is 91.9 Å². The third-order valence-electron chi connectivity index (χ3n) is 3.24. The van der Waals surface area contributed by atoms with Crippen molar-refractivity contribution in [2.45, 2.75) is 71.1 Å². The molecule has 1 aromatic rings. The van der Waals surface area contributed by atoms with Crippen molar-refractivity contribution in [2.24, 2.45) is 0 Å². The number of nitrogens with zero attached hydrogens (tertiary/aromatic N) is 1. The summed E-state index contributed by atoms with van der Waals surface area (Å²) in [5.74, 6) is 0. The second kappa shape index (κ2) is 12.1. The molecule has 31 heavy (non-hydrogen) atoms. The number of carbonyl (C=O) groups is 2. The van der Waals surface area contributed by atoms with Gasteiger partial charge in [0, 0.05) is 39.8 Å². The molecule has 2 amide bonds. The van der Waals surface area contributed by atoms with Crippen molar-refractivity contribution in [2.75, 3.05) is 12.4 Å². The van der Waals surface area contributed by atoms with Gasteiger partial charge in [-0.25, -0.2) is 15.0 Å². The molecule has 0 aliphatic rings. The van der Waals surface area contributed by atoms with Crippen LogP contribution in [0.5, 0.6) is 0 Å². The summed E-state index contributed by atoms with van der Waals surface area (Å²) in [5.41, 5.74) is 3.87. The molecule has 1 aromatic carbocycles. The van der Waals surface area contributed by atoms with E-state index in [0.717, 1.165) is 10.5 Å². The van der Waals surface area contributed by atoms with E-state index >= 15 is 0 Å². The first-order valence-corrected chi connectivity index (χ1v) is 11.2. The normalized spacial score (nSPS) is 12.0. The van der Waals surface area contributed by atoms with Crippen LogP contribution in [0.25, 0.3) is 4.91 Å². The molecule has 0 aliphatic heterocycles. The Labute approximate surface area is 195 Å². The molecule has 174 valence electrons. The third-order valence-corrected chi connectivity index (χ3v) is 4.87. The first-order valence-electron chi connectivity index (χ1n) is 9.93. The number of hydrogen-bond acceptors (Lipinski definition) is 8. The van der Waals surface area contributed by atoms with Gasteiger partial charge < -0.3 is 9.47 Å². The van der Waals surface area contributed by atoms with Crippen LogP contribution in [0.15, 0.2) is 29.3 Å². The number of nitrogens with one attached hydrogen (secondary N) is 3. The summed E-state index contributed by atoms with van der Waals surface area (Å²) in [4.78, 5) is 25.2. The van der Waals surface area contributed by atoms with Crippen molar-refractivity contribution in [3.63, 3.8) is 0 Å². The maximum Gasteiger partial charge on any atom is 0.426 e. The fraction of sp³-hybridized carbons (Fsp3) is 0.524. The van der Waals surface area contributed by atoms with Gasteiger partial charge in [0.15, 0.2) is 0 Å². The monoisotopic (exact) mass is 470 g/mol. The fourth-order valence-corrected chi connectivity index (χ4v) is 3.47. The predicted molar refractivity (Wildman–Crippen MR) is 130 cm³/mol. The predicted octanol–water partition coefficient (Wildman–Crippen LogP) is 5.25. The van der Waals surface area contributed by atoms with E-state index in [2.05, 4.69) is 48.9 Å². The van der Waals surface area contributed by atoms with Crippen LogP contribution in [0, 0.1) is 0 Å². The number of anilines is 1. The molecule has 0 saturated heterocycles. The largest absolute Gasteiger partial charge is 0.447 e. The van der Waals surface area contributed by atoms with Crippen LogP contribution in [0.2, 0.25) is 0 Å². The maximum absolute atomic E-state index is 12.0. The van der Waals surface area contributed by atoms with E-state index in [0.29, 0.717) is 10.6 Å². The Kier molecular flexibility index (Phi) is 10.5. The highest BCUT2D eigenvalue weighted by Gasteiger charge is 2.15.